The number of amides is 1. The van der Waals surface area contributed by atoms with Crippen LogP contribution in [0.3, 0.4) is 0 Å². The zero-order valence-corrected chi connectivity index (χ0v) is 13.0. The van der Waals surface area contributed by atoms with Gasteiger partial charge in [-0.15, -0.1) is 0 Å². The number of hydrogen-bond donors (Lipinski definition) is 0. The van der Waals surface area contributed by atoms with Crippen LogP contribution in [-0.4, -0.2) is 37.9 Å². The van der Waals surface area contributed by atoms with E-state index in [-0.39, 0.29) is 11.9 Å². The third-order valence-corrected chi connectivity index (χ3v) is 3.21. The van der Waals surface area contributed by atoms with E-state index in [4.69, 9.17) is 0 Å². The van der Waals surface area contributed by atoms with Crippen LogP contribution in [0.4, 0.5) is 0 Å². The first-order valence-corrected chi connectivity index (χ1v) is 7.24. The van der Waals surface area contributed by atoms with Gasteiger partial charge in [-0.05, 0) is 31.9 Å². The Hall–Kier alpha value is -2.17. The molecule has 2 rings (SSSR count). The summed E-state index contributed by atoms with van der Waals surface area (Å²) in [7, 11) is 0. The summed E-state index contributed by atoms with van der Waals surface area (Å²) in [5.74, 6) is 1.22. The molecule has 0 aromatic carbocycles. The lowest BCUT2D eigenvalue weighted by atomic mass is 10.1. The Morgan fingerprint density at radius 1 is 1.29 bits per heavy atom. The molecule has 2 aromatic rings. The number of nitrogens with zero attached hydrogens (tertiary/aromatic N) is 4. The molecule has 112 valence electrons. The second kappa shape index (κ2) is 6.52. The van der Waals surface area contributed by atoms with Crippen LogP contribution in [0, 0.1) is 5.92 Å². The van der Waals surface area contributed by atoms with E-state index in [1.165, 1.54) is 0 Å². The molecule has 0 aliphatic rings. The number of rotatable bonds is 5. The monoisotopic (exact) mass is 286 g/mol. The van der Waals surface area contributed by atoms with Gasteiger partial charge in [-0.1, -0.05) is 13.8 Å². The van der Waals surface area contributed by atoms with E-state index in [0.29, 0.717) is 11.5 Å². The zero-order chi connectivity index (χ0) is 15.4. The molecule has 0 aliphatic carbocycles. The average molecular weight is 286 g/mol. The van der Waals surface area contributed by atoms with Crippen molar-refractivity contribution in [3.63, 3.8) is 0 Å². The van der Waals surface area contributed by atoms with Crippen LogP contribution in [-0.2, 0) is 0 Å². The molecule has 0 spiro atoms. The summed E-state index contributed by atoms with van der Waals surface area (Å²) < 4.78 is 1.81. The number of aromatic nitrogens is 3. The van der Waals surface area contributed by atoms with E-state index >= 15 is 0 Å². The van der Waals surface area contributed by atoms with Gasteiger partial charge in [0, 0.05) is 31.2 Å². The van der Waals surface area contributed by atoms with Crippen molar-refractivity contribution in [1.82, 2.24) is 19.4 Å². The fourth-order valence-corrected chi connectivity index (χ4v) is 2.15. The predicted octanol–water partition coefficient (Wildman–Crippen LogP) is 2.77. The largest absolute Gasteiger partial charge is 0.336 e. The Kier molecular flexibility index (Phi) is 4.73. The second-order valence-corrected chi connectivity index (χ2v) is 5.82. The molecule has 0 unspecified atom stereocenters. The lowest BCUT2D eigenvalue weighted by Gasteiger charge is -2.28. The summed E-state index contributed by atoms with van der Waals surface area (Å²) in [4.78, 5) is 22.8. The Bertz CT molecular complexity index is 573. The first kappa shape index (κ1) is 15.2. The summed E-state index contributed by atoms with van der Waals surface area (Å²) in [6.07, 6.45) is 6.84. The molecule has 0 saturated carbocycles. The Morgan fingerprint density at radius 2 is 2.05 bits per heavy atom. The number of pyridine rings is 1. The average Bonchev–Trinajstić information content (AvgIpc) is 2.98. The van der Waals surface area contributed by atoms with E-state index < -0.39 is 0 Å². The molecule has 0 radical (unpaired) electrons. The van der Waals surface area contributed by atoms with E-state index in [1.54, 1.807) is 18.7 Å². The van der Waals surface area contributed by atoms with Gasteiger partial charge >= 0.3 is 0 Å². The molecule has 0 bridgehead atoms. The first-order valence-electron chi connectivity index (χ1n) is 7.24. The van der Waals surface area contributed by atoms with Crippen molar-refractivity contribution in [1.29, 1.82) is 0 Å². The van der Waals surface area contributed by atoms with Crippen LogP contribution in [0.15, 0.2) is 37.1 Å². The van der Waals surface area contributed by atoms with Crippen LogP contribution in [0.5, 0.6) is 0 Å². The minimum Gasteiger partial charge on any atom is -0.336 e. The highest BCUT2D eigenvalue weighted by atomic mass is 16.2. The van der Waals surface area contributed by atoms with E-state index in [9.17, 15) is 4.79 Å². The molecule has 0 aliphatic heterocycles. The molecule has 21 heavy (non-hydrogen) atoms. The smallest absolute Gasteiger partial charge is 0.255 e. The minimum absolute atomic E-state index is 0.0309. The molecule has 2 heterocycles. The fraction of sp³-hybridized carbons (Fsp3) is 0.438. The zero-order valence-electron chi connectivity index (χ0n) is 13.0. The maximum absolute atomic E-state index is 12.6. The Labute approximate surface area is 125 Å². The SMILES string of the molecule is CC(C)CN(C(=O)c1ccc(-n2ccnc2)nc1)C(C)C. The van der Waals surface area contributed by atoms with Crippen molar-refractivity contribution >= 4 is 5.91 Å². The third kappa shape index (κ3) is 3.68. The normalized spacial score (nSPS) is 11.1. The topological polar surface area (TPSA) is 51.0 Å². The van der Waals surface area contributed by atoms with Crippen molar-refractivity contribution in [3.05, 3.63) is 42.6 Å². The van der Waals surface area contributed by atoms with Gasteiger partial charge < -0.3 is 4.90 Å². The highest BCUT2D eigenvalue weighted by molar-refractivity contribution is 5.94. The van der Waals surface area contributed by atoms with Crippen LogP contribution in [0.2, 0.25) is 0 Å². The van der Waals surface area contributed by atoms with Gasteiger partial charge in [0.05, 0.1) is 5.56 Å². The lowest BCUT2D eigenvalue weighted by molar-refractivity contribution is 0.0681. The van der Waals surface area contributed by atoms with E-state index in [1.807, 2.05) is 41.6 Å². The number of imidazole rings is 1. The Morgan fingerprint density at radius 3 is 2.52 bits per heavy atom. The third-order valence-electron chi connectivity index (χ3n) is 3.21. The summed E-state index contributed by atoms with van der Waals surface area (Å²) in [5, 5.41) is 0. The standard InChI is InChI=1S/C16H22N4O/c1-12(2)10-20(13(3)4)16(21)14-5-6-15(18-9-14)19-8-7-17-11-19/h5-9,11-13H,10H2,1-4H3. The molecular weight excluding hydrogens is 264 g/mol. The maximum atomic E-state index is 12.6. The highest BCUT2D eigenvalue weighted by Crippen LogP contribution is 2.12. The quantitative estimate of drug-likeness (QED) is 0.849. The molecule has 0 atom stereocenters. The van der Waals surface area contributed by atoms with Gasteiger partial charge in [0.1, 0.15) is 12.1 Å². The minimum atomic E-state index is 0.0309. The first-order chi connectivity index (χ1) is 9.99. The summed E-state index contributed by atoms with van der Waals surface area (Å²) in [5.41, 5.74) is 0.619. The van der Waals surface area contributed by atoms with Crippen molar-refractivity contribution in [2.75, 3.05) is 6.54 Å². The van der Waals surface area contributed by atoms with Crippen LogP contribution < -0.4 is 0 Å². The van der Waals surface area contributed by atoms with Gasteiger partial charge in [-0.2, -0.15) is 0 Å². The van der Waals surface area contributed by atoms with Crippen molar-refractivity contribution in [2.24, 2.45) is 5.92 Å². The van der Waals surface area contributed by atoms with E-state index in [2.05, 4.69) is 23.8 Å². The van der Waals surface area contributed by atoms with Crippen molar-refractivity contribution in [3.8, 4) is 5.82 Å². The number of carbonyl (C=O) groups excluding carboxylic acids is 1. The molecule has 2 aromatic heterocycles. The van der Waals surface area contributed by atoms with Gasteiger partial charge in [-0.3, -0.25) is 9.36 Å². The van der Waals surface area contributed by atoms with Crippen molar-refractivity contribution < 1.29 is 4.79 Å². The molecule has 5 heteroatoms. The molecule has 5 nitrogen and oxygen atoms in total. The molecule has 1 amide bonds. The molecular formula is C16H22N4O. The predicted molar refractivity (Wildman–Crippen MR) is 82.4 cm³/mol. The highest BCUT2D eigenvalue weighted by Gasteiger charge is 2.20. The fourth-order valence-electron chi connectivity index (χ4n) is 2.15. The summed E-state index contributed by atoms with van der Waals surface area (Å²) in [6.45, 7) is 9.05. The summed E-state index contributed by atoms with van der Waals surface area (Å²) >= 11 is 0. The van der Waals surface area contributed by atoms with Gasteiger partial charge in [0.25, 0.3) is 5.91 Å². The number of hydrogen-bond acceptors (Lipinski definition) is 3. The molecule has 0 saturated heterocycles. The molecule has 0 N–H and O–H groups in total. The van der Waals surface area contributed by atoms with E-state index in [0.717, 1.165) is 12.4 Å². The maximum Gasteiger partial charge on any atom is 0.255 e. The molecule has 0 fully saturated rings. The lowest BCUT2D eigenvalue weighted by Crippen LogP contribution is -2.39. The Balaban J connectivity index is 2.18. The van der Waals surface area contributed by atoms with Gasteiger partial charge in [0.15, 0.2) is 0 Å². The van der Waals surface area contributed by atoms with Gasteiger partial charge in [-0.25, -0.2) is 9.97 Å². The van der Waals surface area contributed by atoms with Crippen LogP contribution in [0.1, 0.15) is 38.1 Å². The van der Waals surface area contributed by atoms with Gasteiger partial charge in [0.2, 0.25) is 0 Å². The van der Waals surface area contributed by atoms with Crippen LogP contribution in [0.25, 0.3) is 5.82 Å². The van der Waals surface area contributed by atoms with Crippen LogP contribution >= 0.6 is 0 Å². The van der Waals surface area contributed by atoms with Crippen molar-refractivity contribution in [2.45, 2.75) is 33.7 Å². The second-order valence-electron chi connectivity index (χ2n) is 5.82. The number of carbonyl (C=O) groups is 1. The summed E-state index contributed by atoms with van der Waals surface area (Å²) in [6, 6.07) is 3.83.